The summed E-state index contributed by atoms with van der Waals surface area (Å²) in [5.41, 5.74) is 0.814. The average molecular weight is 303 g/mol. The lowest BCUT2D eigenvalue weighted by Gasteiger charge is -2.07. The van der Waals surface area contributed by atoms with Crippen LogP contribution in [-0.2, 0) is 0 Å². The Morgan fingerprint density at radius 3 is 2.62 bits per heavy atom. The predicted octanol–water partition coefficient (Wildman–Crippen LogP) is 2.46. The monoisotopic (exact) mass is 302 g/mol. The quantitative estimate of drug-likeness (QED) is 0.797. The van der Waals surface area contributed by atoms with E-state index in [2.05, 4.69) is 25.3 Å². The Labute approximate surface area is 125 Å². The molecule has 2 heterocycles. The molecule has 0 atom stereocenters. The van der Waals surface area contributed by atoms with Gasteiger partial charge in [0.25, 0.3) is 0 Å². The predicted molar refractivity (Wildman–Crippen MR) is 78.2 cm³/mol. The molecular formula is C13H11ClN6O. The second-order valence-electron chi connectivity index (χ2n) is 4.05. The van der Waals surface area contributed by atoms with Gasteiger partial charge in [-0.25, -0.2) is 4.98 Å². The molecule has 0 amide bonds. The molecule has 1 N–H and O–H groups in total. The molecule has 8 heteroatoms. The molecule has 0 bridgehead atoms. The fourth-order valence-electron chi connectivity index (χ4n) is 1.69. The Morgan fingerprint density at radius 2 is 1.95 bits per heavy atom. The molecule has 1 aromatic carbocycles. The van der Waals surface area contributed by atoms with Crippen LogP contribution in [0.1, 0.15) is 0 Å². The van der Waals surface area contributed by atoms with Gasteiger partial charge in [-0.15, -0.1) is 0 Å². The zero-order chi connectivity index (χ0) is 14.7. The normalized spacial score (nSPS) is 10.4. The van der Waals surface area contributed by atoms with Crippen LogP contribution >= 0.6 is 11.6 Å². The van der Waals surface area contributed by atoms with Crippen molar-refractivity contribution >= 4 is 23.2 Å². The van der Waals surface area contributed by atoms with Gasteiger partial charge in [0.2, 0.25) is 17.2 Å². The van der Waals surface area contributed by atoms with E-state index in [0.29, 0.717) is 11.9 Å². The second kappa shape index (κ2) is 5.76. The summed E-state index contributed by atoms with van der Waals surface area (Å²) in [4.78, 5) is 16.3. The van der Waals surface area contributed by atoms with Crippen molar-refractivity contribution in [1.82, 2.24) is 24.5 Å². The van der Waals surface area contributed by atoms with Crippen LogP contribution in [0.5, 0.6) is 5.75 Å². The molecule has 0 radical (unpaired) electrons. The maximum Gasteiger partial charge on any atom is 0.241 e. The van der Waals surface area contributed by atoms with Gasteiger partial charge in [-0.2, -0.15) is 15.0 Å². The van der Waals surface area contributed by atoms with Crippen LogP contribution in [-0.4, -0.2) is 31.6 Å². The lowest BCUT2D eigenvalue weighted by molar-refractivity contribution is 0.415. The molecule has 3 aromatic rings. The van der Waals surface area contributed by atoms with Gasteiger partial charge in [0.05, 0.1) is 7.11 Å². The number of rotatable bonds is 4. The number of hydrogen-bond donors (Lipinski definition) is 1. The van der Waals surface area contributed by atoms with Crippen LogP contribution in [0.15, 0.2) is 43.0 Å². The number of imidazole rings is 1. The summed E-state index contributed by atoms with van der Waals surface area (Å²) in [7, 11) is 1.62. The number of halogens is 1. The molecule has 7 nitrogen and oxygen atoms in total. The first-order valence-corrected chi connectivity index (χ1v) is 6.43. The Balaban J connectivity index is 1.88. The van der Waals surface area contributed by atoms with Crippen LogP contribution < -0.4 is 10.1 Å². The minimum Gasteiger partial charge on any atom is -0.497 e. The third-order valence-corrected chi connectivity index (χ3v) is 2.85. The van der Waals surface area contributed by atoms with Crippen LogP contribution in [0.4, 0.5) is 11.6 Å². The SMILES string of the molecule is COc1ccc(Nc2nc(Cl)nc(-n3ccnc3)n2)cc1. The highest BCUT2D eigenvalue weighted by atomic mass is 35.5. The van der Waals surface area contributed by atoms with Crippen molar-refractivity contribution in [3.63, 3.8) is 0 Å². The molecule has 0 aliphatic heterocycles. The smallest absolute Gasteiger partial charge is 0.241 e. The topological polar surface area (TPSA) is 77.8 Å². The Morgan fingerprint density at radius 1 is 1.14 bits per heavy atom. The summed E-state index contributed by atoms with van der Waals surface area (Å²) in [5.74, 6) is 1.51. The zero-order valence-electron chi connectivity index (χ0n) is 11.1. The van der Waals surface area contributed by atoms with Crippen LogP contribution in [0.2, 0.25) is 5.28 Å². The summed E-state index contributed by atoms with van der Waals surface area (Å²) in [6.45, 7) is 0. The summed E-state index contributed by atoms with van der Waals surface area (Å²) < 4.78 is 6.75. The molecule has 106 valence electrons. The third-order valence-electron chi connectivity index (χ3n) is 2.68. The maximum atomic E-state index is 5.92. The van der Waals surface area contributed by atoms with E-state index in [1.807, 2.05) is 24.3 Å². The van der Waals surface area contributed by atoms with Crippen LogP contribution in [0, 0.1) is 0 Å². The van der Waals surface area contributed by atoms with E-state index in [1.54, 1.807) is 30.4 Å². The van der Waals surface area contributed by atoms with Gasteiger partial charge in [-0.05, 0) is 35.9 Å². The number of ether oxygens (including phenoxy) is 1. The largest absolute Gasteiger partial charge is 0.497 e. The van der Waals surface area contributed by atoms with Crippen LogP contribution in [0.25, 0.3) is 5.95 Å². The number of nitrogens with one attached hydrogen (secondary N) is 1. The van der Waals surface area contributed by atoms with Gasteiger partial charge in [0.15, 0.2) is 0 Å². The van der Waals surface area contributed by atoms with Gasteiger partial charge in [-0.1, -0.05) is 0 Å². The number of aromatic nitrogens is 5. The van der Waals surface area contributed by atoms with Gasteiger partial charge in [-0.3, -0.25) is 4.57 Å². The Bertz CT molecular complexity index is 729. The van der Waals surface area contributed by atoms with E-state index < -0.39 is 0 Å². The number of hydrogen-bond acceptors (Lipinski definition) is 6. The van der Waals surface area contributed by atoms with Gasteiger partial charge >= 0.3 is 0 Å². The van der Waals surface area contributed by atoms with Gasteiger partial charge < -0.3 is 10.1 Å². The maximum absolute atomic E-state index is 5.92. The molecular weight excluding hydrogens is 292 g/mol. The van der Waals surface area contributed by atoms with Crippen molar-refractivity contribution < 1.29 is 4.74 Å². The first-order valence-electron chi connectivity index (χ1n) is 6.05. The fourth-order valence-corrected chi connectivity index (χ4v) is 1.85. The van der Waals surface area contributed by atoms with Crippen LogP contribution in [0.3, 0.4) is 0 Å². The molecule has 21 heavy (non-hydrogen) atoms. The fraction of sp³-hybridized carbons (Fsp3) is 0.0769. The number of anilines is 2. The van der Waals surface area contributed by atoms with Crippen molar-refractivity contribution in [2.75, 3.05) is 12.4 Å². The zero-order valence-corrected chi connectivity index (χ0v) is 11.8. The number of methoxy groups -OCH3 is 1. The van der Waals surface area contributed by atoms with Crippen molar-refractivity contribution in [1.29, 1.82) is 0 Å². The molecule has 0 unspecified atom stereocenters. The molecule has 2 aromatic heterocycles. The van der Waals surface area contributed by atoms with Crippen molar-refractivity contribution in [2.24, 2.45) is 0 Å². The highest BCUT2D eigenvalue weighted by Gasteiger charge is 2.07. The minimum atomic E-state index is 0.102. The average Bonchev–Trinajstić information content (AvgIpc) is 3.02. The Kier molecular flexibility index (Phi) is 3.65. The molecule has 0 saturated heterocycles. The van der Waals surface area contributed by atoms with Gasteiger partial charge in [0, 0.05) is 18.1 Å². The second-order valence-corrected chi connectivity index (χ2v) is 4.39. The molecule has 3 rings (SSSR count). The van der Waals surface area contributed by atoms with E-state index in [4.69, 9.17) is 16.3 Å². The van der Waals surface area contributed by atoms with Crippen molar-refractivity contribution in [3.05, 3.63) is 48.3 Å². The number of benzene rings is 1. The van der Waals surface area contributed by atoms with E-state index in [9.17, 15) is 0 Å². The molecule has 0 spiro atoms. The highest BCUT2D eigenvalue weighted by Crippen LogP contribution is 2.19. The first-order chi connectivity index (χ1) is 10.2. The van der Waals surface area contributed by atoms with E-state index in [0.717, 1.165) is 11.4 Å². The molecule has 0 saturated carbocycles. The van der Waals surface area contributed by atoms with E-state index in [-0.39, 0.29) is 5.28 Å². The van der Waals surface area contributed by atoms with Gasteiger partial charge in [0.1, 0.15) is 12.1 Å². The van der Waals surface area contributed by atoms with Crippen molar-refractivity contribution in [2.45, 2.75) is 0 Å². The van der Waals surface area contributed by atoms with Crippen molar-refractivity contribution in [3.8, 4) is 11.7 Å². The minimum absolute atomic E-state index is 0.102. The summed E-state index contributed by atoms with van der Waals surface area (Å²) in [5, 5.41) is 3.16. The summed E-state index contributed by atoms with van der Waals surface area (Å²) >= 11 is 5.92. The van der Waals surface area contributed by atoms with E-state index in [1.165, 1.54) is 0 Å². The summed E-state index contributed by atoms with van der Waals surface area (Å²) in [6, 6.07) is 7.38. The lowest BCUT2D eigenvalue weighted by Crippen LogP contribution is -2.05. The number of nitrogens with zero attached hydrogens (tertiary/aromatic N) is 5. The Hall–Kier alpha value is -2.67. The standard InChI is InChI=1S/C13H11ClN6O/c1-21-10-4-2-9(3-5-10)16-12-17-11(14)18-13(19-12)20-7-6-15-8-20/h2-8H,1H3,(H,16,17,18,19). The molecule has 0 aliphatic carbocycles. The lowest BCUT2D eigenvalue weighted by atomic mass is 10.3. The molecule has 0 aliphatic rings. The third kappa shape index (κ3) is 3.09. The molecule has 0 fully saturated rings. The highest BCUT2D eigenvalue weighted by molar-refractivity contribution is 6.28. The van der Waals surface area contributed by atoms with E-state index >= 15 is 0 Å². The first kappa shape index (κ1) is 13.3. The summed E-state index contributed by atoms with van der Waals surface area (Å²) in [6.07, 6.45) is 4.94.